The Balaban J connectivity index is 1.89. The largest absolute Gasteiger partial charge is 0.430 e. The monoisotopic (exact) mass is 305 g/mol. The summed E-state index contributed by atoms with van der Waals surface area (Å²) >= 11 is 0. The smallest absolute Gasteiger partial charge is 0.311 e. The highest BCUT2D eigenvalue weighted by atomic mass is 16.6. The van der Waals surface area contributed by atoms with Gasteiger partial charge in [0, 0.05) is 28.6 Å². The summed E-state index contributed by atoms with van der Waals surface area (Å²) in [4.78, 5) is 18.1. The molecule has 0 aliphatic heterocycles. The van der Waals surface area contributed by atoms with Crippen molar-refractivity contribution in [3.05, 3.63) is 70.9 Å². The molecule has 0 bridgehead atoms. The lowest BCUT2D eigenvalue weighted by Gasteiger charge is -2.05. The van der Waals surface area contributed by atoms with E-state index in [1.807, 2.05) is 30.3 Å². The van der Waals surface area contributed by atoms with Crippen LogP contribution in [0.1, 0.15) is 0 Å². The lowest BCUT2D eigenvalue weighted by molar-refractivity contribution is -0.385. The van der Waals surface area contributed by atoms with Gasteiger partial charge >= 0.3 is 5.69 Å². The van der Waals surface area contributed by atoms with Crippen LogP contribution >= 0.6 is 0 Å². The first-order valence-corrected chi connectivity index (χ1v) is 7.01. The maximum absolute atomic E-state index is 11.1. The van der Waals surface area contributed by atoms with Crippen LogP contribution in [0, 0.1) is 10.1 Å². The third kappa shape index (κ3) is 2.17. The molecule has 0 aliphatic carbocycles. The Morgan fingerprint density at radius 1 is 1.00 bits per heavy atom. The molecule has 6 nitrogen and oxygen atoms in total. The van der Waals surface area contributed by atoms with E-state index in [0.29, 0.717) is 11.4 Å². The van der Waals surface area contributed by atoms with Crippen molar-refractivity contribution >= 4 is 27.5 Å². The Kier molecular flexibility index (Phi) is 2.94. The molecule has 0 amide bonds. The van der Waals surface area contributed by atoms with E-state index in [9.17, 15) is 10.1 Å². The Morgan fingerprint density at radius 3 is 2.65 bits per heavy atom. The number of pyridine rings is 1. The molecule has 112 valence electrons. The molecule has 23 heavy (non-hydrogen) atoms. The van der Waals surface area contributed by atoms with Crippen molar-refractivity contribution < 1.29 is 9.66 Å². The van der Waals surface area contributed by atoms with Gasteiger partial charge < -0.3 is 9.72 Å². The van der Waals surface area contributed by atoms with Crippen molar-refractivity contribution in [1.29, 1.82) is 0 Å². The molecule has 0 spiro atoms. The Morgan fingerprint density at radius 2 is 1.78 bits per heavy atom. The van der Waals surface area contributed by atoms with E-state index < -0.39 is 4.92 Å². The Bertz CT molecular complexity index is 1040. The molecule has 0 unspecified atom stereocenters. The number of nitrogens with one attached hydrogen (secondary N) is 1. The molecule has 4 rings (SSSR count). The Labute approximate surface area is 130 Å². The lowest BCUT2D eigenvalue weighted by Crippen LogP contribution is -1.94. The summed E-state index contributed by atoms with van der Waals surface area (Å²) in [5.74, 6) is 0.476. The number of nitro groups is 1. The predicted octanol–water partition coefficient (Wildman–Crippen LogP) is 4.42. The number of benzene rings is 2. The second-order valence-corrected chi connectivity index (χ2v) is 5.04. The van der Waals surface area contributed by atoms with Gasteiger partial charge in [0.25, 0.3) is 0 Å². The molecule has 0 saturated carbocycles. The number of hydrogen-bond acceptors (Lipinski definition) is 4. The highest BCUT2D eigenvalue weighted by Gasteiger charge is 2.17. The molecule has 0 fully saturated rings. The molecule has 0 aliphatic rings. The van der Waals surface area contributed by atoms with Crippen molar-refractivity contribution in [2.45, 2.75) is 0 Å². The average molecular weight is 305 g/mol. The summed E-state index contributed by atoms with van der Waals surface area (Å²) in [6.45, 7) is 0. The standard InChI is InChI=1S/C17H11N3O3/c21-20(22)14-7-3-4-8-15(14)23-17-16-12(9-10-18-17)11-5-1-2-6-13(11)19-16/h1-10,19H. The number of aromatic nitrogens is 2. The first-order chi connectivity index (χ1) is 11.2. The quantitative estimate of drug-likeness (QED) is 0.449. The molecule has 2 heterocycles. The van der Waals surface area contributed by atoms with Crippen LogP contribution in [0.5, 0.6) is 11.6 Å². The minimum Gasteiger partial charge on any atom is -0.430 e. The third-order valence-corrected chi connectivity index (χ3v) is 3.66. The normalized spacial score (nSPS) is 11.0. The molecule has 2 aromatic heterocycles. The van der Waals surface area contributed by atoms with Gasteiger partial charge in [-0.2, -0.15) is 0 Å². The summed E-state index contributed by atoms with van der Waals surface area (Å²) < 4.78 is 5.73. The topological polar surface area (TPSA) is 81.1 Å². The summed E-state index contributed by atoms with van der Waals surface area (Å²) in [6, 6.07) is 16.0. The van der Waals surface area contributed by atoms with Crippen LogP contribution in [0.2, 0.25) is 0 Å². The predicted molar refractivity (Wildman–Crippen MR) is 86.8 cm³/mol. The van der Waals surface area contributed by atoms with Crippen LogP contribution in [0.15, 0.2) is 60.8 Å². The summed E-state index contributed by atoms with van der Waals surface area (Å²) in [5.41, 5.74) is 1.58. The van der Waals surface area contributed by atoms with Gasteiger partial charge in [-0.15, -0.1) is 0 Å². The van der Waals surface area contributed by atoms with Crippen molar-refractivity contribution in [3.8, 4) is 11.6 Å². The zero-order chi connectivity index (χ0) is 15.8. The van der Waals surface area contributed by atoms with Crippen molar-refractivity contribution in [3.63, 3.8) is 0 Å². The second kappa shape index (κ2) is 5.10. The van der Waals surface area contributed by atoms with Gasteiger partial charge in [-0.1, -0.05) is 30.3 Å². The van der Waals surface area contributed by atoms with Crippen molar-refractivity contribution in [2.24, 2.45) is 0 Å². The third-order valence-electron chi connectivity index (χ3n) is 3.66. The number of fused-ring (bicyclic) bond motifs is 3. The molecule has 0 atom stereocenters. The van der Waals surface area contributed by atoms with Crippen molar-refractivity contribution in [1.82, 2.24) is 9.97 Å². The van der Waals surface area contributed by atoms with Gasteiger partial charge in [0.05, 0.1) is 4.92 Å². The summed E-state index contributed by atoms with van der Waals surface area (Å²) in [6.07, 6.45) is 1.63. The molecule has 6 heteroatoms. The van der Waals surface area contributed by atoms with E-state index in [1.54, 1.807) is 24.4 Å². The SMILES string of the molecule is O=[N+]([O-])c1ccccc1Oc1nccc2c1[nH]c1ccccc12. The van der Waals surface area contributed by atoms with Crippen LogP contribution in [0.3, 0.4) is 0 Å². The number of ether oxygens (including phenoxy) is 1. The average Bonchev–Trinajstić information content (AvgIpc) is 2.95. The maximum Gasteiger partial charge on any atom is 0.311 e. The number of nitrogens with zero attached hydrogens (tertiary/aromatic N) is 2. The lowest BCUT2D eigenvalue weighted by atomic mass is 10.2. The molecule has 0 saturated heterocycles. The number of para-hydroxylation sites is 3. The fourth-order valence-corrected chi connectivity index (χ4v) is 2.63. The van der Waals surface area contributed by atoms with Gasteiger partial charge in [0.1, 0.15) is 5.52 Å². The molecular weight excluding hydrogens is 294 g/mol. The summed E-state index contributed by atoms with van der Waals surface area (Å²) in [5, 5.41) is 13.1. The first-order valence-electron chi connectivity index (χ1n) is 7.01. The van der Waals surface area contributed by atoms with Gasteiger partial charge in [0.2, 0.25) is 11.6 Å². The zero-order valence-electron chi connectivity index (χ0n) is 11.9. The fourth-order valence-electron chi connectivity index (χ4n) is 2.63. The molecule has 4 aromatic rings. The number of rotatable bonds is 3. The number of nitro benzene ring substituents is 1. The number of aromatic amines is 1. The zero-order valence-corrected chi connectivity index (χ0v) is 11.9. The molecule has 2 aromatic carbocycles. The van der Waals surface area contributed by atoms with E-state index in [2.05, 4.69) is 9.97 Å². The molecular formula is C17H11N3O3. The molecule has 0 radical (unpaired) electrons. The first kappa shape index (κ1) is 13.3. The molecule has 1 N–H and O–H groups in total. The van der Waals surface area contributed by atoms with E-state index >= 15 is 0 Å². The van der Waals surface area contributed by atoms with Gasteiger partial charge in [0.15, 0.2) is 0 Å². The van der Waals surface area contributed by atoms with Gasteiger partial charge in [-0.05, 0) is 18.2 Å². The van der Waals surface area contributed by atoms with Gasteiger partial charge in [-0.25, -0.2) is 4.98 Å². The van der Waals surface area contributed by atoms with E-state index in [-0.39, 0.29) is 11.4 Å². The van der Waals surface area contributed by atoms with Crippen molar-refractivity contribution in [2.75, 3.05) is 0 Å². The minimum atomic E-state index is -0.472. The fraction of sp³-hybridized carbons (Fsp3) is 0. The number of H-pyrrole nitrogens is 1. The highest BCUT2D eigenvalue weighted by molar-refractivity contribution is 6.08. The van der Waals surface area contributed by atoms with E-state index in [4.69, 9.17) is 4.74 Å². The number of hydrogen-bond donors (Lipinski definition) is 1. The minimum absolute atomic E-state index is 0.0950. The Hall–Kier alpha value is -3.41. The van der Waals surface area contributed by atoms with Gasteiger partial charge in [-0.3, -0.25) is 10.1 Å². The maximum atomic E-state index is 11.1. The second-order valence-electron chi connectivity index (χ2n) is 5.04. The van der Waals surface area contributed by atoms with Crippen LogP contribution in [0.4, 0.5) is 5.69 Å². The summed E-state index contributed by atoms with van der Waals surface area (Å²) in [7, 11) is 0. The van der Waals surface area contributed by atoms with Crippen LogP contribution in [0.25, 0.3) is 21.8 Å². The van der Waals surface area contributed by atoms with Crippen LogP contribution in [-0.4, -0.2) is 14.9 Å². The highest BCUT2D eigenvalue weighted by Crippen LogP contribution is 2.35. The van der Waals surface area contributed by atoms with Crippen LogP contribution in [-0.2, 0) is 0 Å². The van der Waals surface area contributed by atoms with Crippen LogP contribution < -0.4 is 4.74 Å². The van der Waals surface area contributed by atoms with E-state index in [1.165, 1.54) is 6.07 Å². The van der Waals surface area contributed by atoms with E-state index in [0.717, 1.165) is 16.3 Å².